The van der Waals surface area contributed by atoms with E-state index in [1.165, 1.54) is 0 Å². The average Bonchev–Trinajstić information content (AvgIpc) is 2.95. The zero-order valence-electron chi connectivity index (χ0n) is 11.6. The highest BCUT2D eigenvalue weighted by molar-refractivity contribution is 5.37. The summed E-state index contributed by atoms with van der Waals surface area (Å²) in [6.07, 6.45) is 1.99. The third kappa shape index (κ3) is 2.51. The van der Waals surface area contributed by atoms with Gasteiger partial charge in [-0.2, -0.15) is 0 Å². The first-order valence-electron chi connectivity index (χ1n) is 7.09. The fourth-order valence-electron chi connectivity index (χ4n) is 2.53. The first-order valence-corrected chi connectivity index (χ1v) is 7.09. The zero-order valence-corrected chi connectivity index (χ0v) is 11.6. The maximum Gasteiger partial charge on any atom is 0.165 e. The number of para-hydroxylation sites is 1. The molecule has 1 aliphatic rings. The van der Waals surface area contributed by atoms with Crippen LogP contribution in [0.25, 0.3) is 0 Å². The Morgan fingerprint density at radius 1 is 1.40 bits per heavy atom. The molecule has 0 saturated carbocycles. The van der Waals surface area contributed by atoms with E-state index < -0.39 is 0 Å². The molecule has 1 atom stereocenters. The summed E-state index contributed by atoms with van der Waals surface area (Å²) in [5.74, 6) is 1.81. The van der Waals surface area contributed by atoms with Crippen molar-refractivity contribution in [2.75, 3.05) is 13.2 Å². The predicted octanol–water partition coefficient (Wildman–Crippen LogP) is 1.54. The van der Waals surface area contributed by atoms with E-state index in [9.17, 15) is 0 Å². The molecule has 2 aromatic rings. The molecule has 106 valence electrons. The number of rotatable bonds is 5. The van der Waals surface area contributed by atoms with Gasteiger partial charge in [-0.1, -0.05) is 25.1 Å². The molecule has 1 unspecified atom stereocenters. The van der Waals surface area contributed by atoms with Gasteiger partial charge in [0.25, 0.3) is 0 Å². The second-order valence-electron chi connectivity index (χ2n) is 4.91. The number of nitrogens with one attached hydrogen (secondary N) is 1. The maximum atomic E-state index is 5.69. The second-order valence-corrected chi connectivity index (χ2v) is 4.91. The van der Waals surface area contributed by atoms with Gasteiger partial charge in [-0.25, -0.2) is 4.68 Å². The van der Waals surface area contributed by atoms with Gasteiger partial charge in [-0.15, -0.1) is 5.10 Å². The van der Waals surface area contributed by atoms with Crippen LogP contribution in [0.5, 0.6) is 5.75 Å². The number of hydrogen-bond donors (Lipinski definition) is 1. The minimum absolute atomic E-state index is 0.161. The van der Waals surface area contributed by atoms with Crippen molar-refractivity contribution in [3.63, 3.8) is 0 Å². The van der Waals surface area contributed by atoms with Crippen molar-refractivity contribution in [2.45, 2.75) is 32.4 Å². The lowest BCUT2D eigenvalue weighted by Crippen LogP contribution is -2.25. The average molecular weight is 273 g/mol. The van der Waals surface area contributed by atoms with Crippen molar-refractivity contribution in [3.8, 4) is 5.75 Å². The molecule has 0 radical (unpaired) electrons. The SMILES string of the molecule is CCCNCc1nnnn1C1CCOc2ccccc21. The minimum atomic E-state index is 0.161. The Labute approximate surface area is 118 Å². The van der Waals surface area contributed by atoms with Crippen molar-refractivity contribution in [2.24, 2.45) is 0 Å². The molecule has 1 aliphatic heterocycles. The summed E-state index contributed by atoms with van der Waals surface area (Å²) in [7, 11) is 0. The standard InChI is InChI=1S/C14H19N5O/c1-2-8-15-10-14-16-17-18-19(14)12-7-9-20-13-6-4-3-5-11(12)13/h3-6,12,15H,2,7-10H2,1H3. The summed E-state index contributed by atoms with van der Waals surface area (Å²) < 4.78 is 7.61. The van der Waals surface area contributed by atoms with E-state index in [1.54, 1.807) is 0 Å². The molecule has 20 heavy (non-hydrogen) atoms. The summed E-state index contributed by atoms with van der Waals surface area (Å²) in [5, 5.41) is 15.5. The van der Waals surface area contributed by atoms with Gasteiger partial charge in [0, 0.05) is 12.0 Å². The maximum absolute atomic E-state index is 5.69. The normalized spacial score (nSPS) is 17.6. The van der Waals surface area contributed by atoms with Crippen LogP contribution >= 0.6 is 0 Å². The van der Waals surface area contributed by atoms with Crippen molar-refractivity contribution in [1.29, 1.82) is 0 Å². The third-order valence-corrected chi connectivity index (χ3v) is 3.49. The second kappa shape index (κ2) is 6.00. The molecule has 6 heteroatoms. The van der Waals surface area contributed by atoms with Gasteiger partial charge < -0.3 is 10.1 Å². The van der Waals surface area contributed by atoms with Crippen molar-refractivity contribution in [3.05, 3.63) is 35.7 Å². The summed E-state index contributed by atoms with van der Waals surface area (Å²) >= 11 is 0. The highest BCUT2D eigenvalue weighted by Crippen LogP contribution is 2.34. The van der Waals surface area contributed by atoms with Gasteiger partial charge in [-0.3, -0.25) is 0 Å². The number of ether oxygens (including phenoxy) is 1. The van der Waals surface area contributed by atoms with Crippen LogP contribution in [-0.2, 0) is 6.54 Å². The Kier molecular flexibility index (Phi) is 3.92. The molecule has 1 aromatic carbocycles. The van der Waals surface area contributed by atoms with Gasteiger partial charge in [0.1, 0.15) is 5.75 Å². The molecule has 1 aromatic heterocycles. The quantitative estimate of drug-likeness (QED) is 0.837. The number of nitrogens with zero attached hydrogens (tertiary/aromatic N) is 4. The number of aromatic nitrogens is 4. The van der Waals surface area contributed by atoms with E-state index in [1.807, 2.05) is 22.9 Å². The summed E-state index contributed by atoms with van der Waals surface area (Å²) in [6.45, 7) is 4.51. The molecule has 3 rings (SSSR count). The first-order chi connectivity index (χ1) is 9.90. The van der Waals surface area contributed by atoms with Gasteiger partial charge in [0.05, 0.1) is 19.2 Å². The van der Waals surface area contributed by atoms with Crippen molar-refractivity contribution < 1.29 is 4.74 Å². The van der Waals surface area contributed by atoms with E-state index in [0.29, 0.717) is 13.2 Å². The van der Waals surface area contributed by atoms with Crippen LogP contribution < -0.4 is 10.1 Å². The van der Waals surface area contributed by atoms with Gasteiger partial charge in [-0.05, 0) is 29.5 Å². The van der Waals surface area contributed by atoms with Crippen molar-refractivity contribution >= 4 is 0 Å². The molecule has 0 saturated heterocycles. The summed E-state index contributed by atoms with van der Waals surface area (Å²) in [4.78, 5) is 0. The molecule has 0 fully saturated rings. The largest absolute Gasteiger partial charge is 0.493 e. The van der Waals surface area contributed by atoms with Gasteiger partial charge in [0.2, 0.25) is 0 Å². The molecule has 1 N–H and O–H groups in total. The summed E-state index contributed by atoms with van der Waals surface area (Å²) in [5.41, 5.74) is 1.16. The van der Waals surface area contributed by atoms with E-state index >= 15 is 0 Å². The Morgan fingerprint density at radius 3 is 3.20 bits per heavy atom. The number of tetrazole rings is 1. The highest BCUT2D eigenvalue weighted by atomic mass is 16.5. The van der Waals surface area contributed by atoms with Crippen LogP contribution in [0, 0.1) is 0 Å². The molecule has 0 bridgehead atoms. The lowest BCUT2D eigenvalue weighted by molar-refractivity contribution is 0.246. The van der Waals surface area contributed by atoms with E-state index in [-0.39, 0.29) is 6.04 Å². The Hall–Kier alpha value is -1.95. The Bertz CT molecular complexity index is 568. The van der Waals surface area contributed by atoms with Crippen LogP contribution in [0.2, 0.25) is 0 Å². The number of fused-ring (bicyclic) bond motifs is 1. The summed E-state index contributed by atoms with van der Waals surface area (Å²) in [6, 6.07) is 8.27. The monoisotopic (exact) mass is 273 g/mol. The fraction of sp³-hybridized carbons (Fsp3) is 0.500. The lowest BCUT2D eigenvalue weighted by Gasteiger charge is -2.26. The van der Waals surface area contributed by atoms with E-state index in [0.717, 1.165) is 36.5 Å². The molecular formula is C14H19N5O. The van der Waals surface area contributed by atoms with E-state index in [2.05, 4.69) is 33.8 Å². The first kappa shape index (κ1) is 13.1. The zero-order chi connectivity index (χ0) is 13.8. The van der Waals surface area contributed by atoms with Crippen LogP contribution in [0.3, 0.4) is 0 Å². The van der Waals surface area contributed by atoms with E-state index in [4.69, 9.17) is 4.74 Å². The molecule has 0 amide bonds. The Balaban J connectivity index is 1.85. The highest BCUT2D eigenvalue weighted by Gasteiger charge is 2.25. The molecule has 0 aliphatic carbocycles. The van der Waals surface area contributed by atoms with Crippen LogP contribution in [0.15, 0.2) is 24.3 Å². The van der Waals surface area contributed by atoms with Crippen molar-refractivity contribution in [1.82, 2.24) is 25.5 Å². The van der Waals surface area contributed by atoms with Gasteiger partial charge in [0.15, 0.2) is 5.82 Å². The van der Waals surface area contributed by atoms with Crippen LogP contribution in [-0.4, -0.2) is 33.4 Å². The third-order valence-electron chi connectivity index (χ3n) is 3.49. The van der Waals surface area contributed by atoms with Crippen LogP contribution in [0.4, 0.5) is 0 Å². The minimum Gasteiger partial charge on any atom is -0.493 e. The topological polar surface area (TPSA) is 64.9 Å². The predicted molar refractivity (Wildman–Crippen MR) is 74.5 cm³/mol. The molecule has 6 nitrogen and oxygen atoms in total. The number of benzene rings is 1. The molecule has 0 spiro atoms. The molecule has 2 heterocycles. The number of hydrogen-bond acceptors (Lipinski definition) is 5. The smallest absolute Gasteiger partial charge is 0.165 e. The van der Waals surface area contributed by atoms with Gasteiger partial charge >= 0.3 is 0 Å². The Morgan fingerprint density at radius 2 is 2.30 bits per heavy atom. The van der Waals surface area contributed by atoms with Crippen LogP contribution in [0.1, 0.15) is 37.2 Å². The lowest BCUT2D eigenvalue weighted by atomic mass is 10.0. The molecular weight excluding hydrogens is 254 g/mol. The fourth-order valence-corrected chi connectivity index (χ4v) is 2.53.